The van der Waals surface area contributed by atoms with E-state index in [1.807, 2.05) is 30.3 Å². The van der Waals surface area contributed by atoms with E-state index in [1.165, 1.54) is 0 Å². The largest absolute Gasteiger partial charge is 0.249 e. The van der Waals surface area contributed by atoms with Crippen LogP contribution in [0.25, 0.3) is 0 Å². The van der Waals surface area contributed by atoms with Crippen LogP contribution in [0.4, 0.5) is 0 Å². The maximum atomic E-state index is 11.1. The van der Waals surface area contributed by atoms with Gasteiger partial charge in [-0.1, -0.05) is 18.2 Å². The molecule has 1 aromatic carbocycles. The van der Waals surface area contributed by atoms with Gasteiger partial charge in [0.25, 0.3) is 0 Å². The minimum absolute atomic E-state index is 0.884. The molecule has 0 heterocycles. The van der Waals surface area contributed by atoms with E-state index in [1.54, 1.807) is 12.5 Å². The predicted molar refractivity (Wildman–Crippen MR) is 55.7 cm³/mol. The Balaban J connectivity index is 2.88. The molecule has 0 aromatic heterocycles. The van der Waals surface area contributed by atoms with E-state index in [2.05, 4.69) is 16.3 Å². The number of benzene rings is 1. The van der Waals surface area contributed by atoms with Gasteiger partial charge in [-0.2, -0.15) is 0 Å². The van der Waals surface area contributed by atoms with Gasteiger partial charge in [0.2, 0.25) is 0 Å². The smallest absolute Gasteiger partial charge is 0.0546 e. The minimum Gasteiger partial charge on any atom is -0.249 e. The number of hydrogen-bond donors (Lipinski definition) is 0. The number of hydrogen-bond acceptors (Lipinski definition) is 2. The molecule has 0 N–H and O–H groups in total. The van der Waals surface area contributed by atoms with Crippen molar-refractivity contribution in [2.75, 3.05) is 12.5 Å². The van der Waals surface area contributed by atoms with E-state index in [0.717, 1.165) is 5.56 Å². The highest BCUT2D eigenvalue weighted by Gasteiger charge is 1.84. The first-order valence-corrected chi connectivity index (χ1v) is 6.13. The van der Waals surface area contributed by atoms with Gasteiger partial charge in [0.05, 0.1) is 9.73 Å². The first-order valence-electron chi connectivity index (χ1n) is 3.80. The average molecular weight is 193 g/mol. The molecular formula is C10H11NOS. The lowest BCUT2D eigenvalue weighted by atomic mass is 10.2. The third-order valence-electron chi connectivity index (χ3n) is 1.24. The quantitative estimate of drug-likeness (QED) is 0.577. The summed E-state index contributed by atoms with van der Waals surface area (Å²) in [6.45, 7) is 0. The lowest BCUT2D eigenvalue weighted by Crippen LogP contribution is -1.87. The van der Waals surface area contributed by atoms with E-state index in [-0.39, 0.29) is 0 Å². The lowest BCUT2D eigenvalue weighted by molar-refractivity contribution is 0.685. The van der Waals surface area contributed by atoms with E-state index in [0.29, 0.717) is 0 Å². The van der Waals surface area contributed by atoms with Gasteiger partial charge in [0, 0.05) is 24.1 Å². The minimum atomic E-state index is -2.09. The summed E-state index contributed by atoms with van der Waals surface area (Å²) in [6, 6.07) is 12.0. The fourth-order valence-corrected chi connectivity index (χ4v) is 0.984. The highest BCUT2D eigenvalue weighted by Crippen LogP contribution is 1.94. The molecule has 0 spiro atoms. The molecule has 0 bridgehead atoms. The van der Waals surface area contributed by atoms with Crippen molar-refractivity contribution < 1.29 is 4.21 Å². The van der Waals surface area contributed by atoms with E-state index >= 15 is 0 Å². The van der Waals surface area contributed by atoms with Crippen LogP contribution in [-0.4, -0.2) is 16.7 Å². The van der Waals surface area contributed by atoms with Gasteiger partial charge in [-0.15, -0.1) is 4.36 Å². The number of rotatable bonds is 0. The summed E-state index contributed by atoms with van der Waals surface area (Å²) >= 11 is 0. The monoisotopic (exact) mass is 193 g/mol. The van der Waals surface area contributed by atoms with Crippen molar-refractivity contribution in [3.8, 4) is 12.0 Å². The molecule has 13 heavy (non-hydrogen) atoms. The molecule has 0 aliphatic rings. The summed E-state index contributed by atoms with van der Waals surface area (Å²) in [5.74, 6) is 2.81. The van der Waals surface area contributed by atoms with Crippen molar-refractivity contribution in [3.05, 3.63) is 35.9 Å². The normalized spacial score (nSPS) is 10.0. The third-order valence-corrected chi connectivity index (χ3v) is 1.77. The average Bonchev–Trinajstić information content (AvgIpc) is 2.04. The Morgan fingerprint density at radius 1 is 1.23 bits per heavy atom. The number of nitrogens with zero attached hydrogens (tertiary/aromatic N) is 1. The Bertz CT molecular complexity index is 437. The Labute approximate surface area is 79.2 Å². The summed E-state index contributed by atoms with van der Waals surface area (Å²) in [4.78, 5) is 0. The predicted octanol–water partition coefficient (Wildman–Crippen LogP) is 1.72. The Morgan fingerprint density at radius 2 is 1.85 bits per heavy atom. The second kappa shape index (κ2) is 4.11. The van der Waals surface area contributed by atoms with E-state index in [4.69, 9.17) is 0 Å². The molecule has 0 fully saturated rings. The van der Waals surface area contributed by atoms with Gasteiger partial charge in [-0.05, 0) is 18.1 Å². The van der Waals surface area contributed by atoms with Crippen LogP contribution in [0.15, 0.2) is 34.7 Å². The second-order valence-corrected chi connectivity index (χ2v) is 5.42. The highest BCUT2D eigenvalue weighted by atomic mass is 32.2. The summed E-state index contributed by atoms with van der Waals surface area (Å²) in [5, 5.41) is 0. The molecule has 0 saturated heterocycles. The molecule has 2 nitrogen and oxygen atoms in total. The van der Waals surface area contributed by atoms with E-state index in [9.17, 15) is 4.21 Å². The van der Waals surface area contributed by atoms with Crippen molar-refractivity contribution in [1.82, 2.24) is 0 Å². The Morgan fingerprint density at radius 3 is 2.38 bits per heavy atom. The van der Waals surface area contributed by atoms with Crippen LogP contribution >= 0.6 is 0 Å². The standard InChI is InChI=1S/C10H11NOS/c1-13(2,12)11-9-8-10-6-4-3-5-7-10/h3-7H,1-2H3. The van der Waals surface area contributed by atoms with Crippen LogP contribution < -0.4 is 0 Å². The van der Waals surface area contributed by atoms with Gasteiger partial charge in [0.15, 0.2) is 0 Å². The SMILES string of the molecule is CS(C)(=O)=NC#Cc1ccccc1. The van der Waals surface area contributed by atoms with Gasteiger partial charge in [0.1, 0.15) is 0 Å². The zero-order valence-electron chi connectivity index (χ0n) is 7.65. The second-order valence-electron chi connectivity index (χ2n) is 2.88. The van der Waals surface area contributed by atoms with Crippen molar-refractivity contribution in [2.45, 2.75) is 0 Å². The fraction of sp³-hybridized carbons (Fsp3) is 0.200. The first kappa shape index (κ1) is 9.82. The molecule has 1 aromatic rings. The van der Waals surface area contributed by atoms with E-state index < -0.39 is 9.73 Å². The van der Waals surface area contributed by atoms with Crippen LogP contribution in [0.1, 0.15) is 5.56 Å². The fourth-order valence-electron chi connectivity index (χ4n) is 0.719. The van der Waals surface area contributed by atoms with Crippen molar-refractivity contribution in [3.63, 3.8) is 0 Å². The summed E-state index contributed by atoms with van der Waals surface area (Å²) in [5.41, 5.74) is 0.884. The molecule has 0 aliphatic carbocycles. The molecule has 0 atom stereocenters. The summed E-state index contributed by atoms with van der Waals surface area (Å²) in [6.07, 6.45) is 3.12. The summed E-state index contributed by atoms with van der Waals surface area (Å²) in [7, 11) is -2.09. The van der Waals surface area contributed by atoms with Gasteiger partial charge in [-0.3, -0.25) is 0 Å². The molecule has 0 unspecified atom stereocenters. The van der Waals surface area contributed by atoms with Crippen molar-refractivity contribution >= 4 is 9.73 Å². The molecule has 3 heteroatoms. The van der Waals surface area contributed by atoms with Crippen molar-refractivity contribution in [2.24, 2.45) is 4.36 Å². The maximum Gasteiger partial charge on any atom is 0.0546 e. The zero-order chi connectivity index (χ0) is 9.73. The van der Waals surface area contributed by atoms with Gasteiger partial charge in [-0.25, -0.2) is 4.21 Å². The molecule has 1 rings (SSSR count). The molecule has 0 amide bonds. The highest BCUT2D eigenvalue weighted by molar-refractivity contribution is 7.92. The maximum absolute atomic E-state index is 11.1. The Hall–Kier alpha value is -1.27. The van der Waals surface area contributed by atoms with Crippen LogP contribution in [0.3, 0.4) is 0 Å². The molecular weight excluding hydrogens is 182 g/mol. The lowest BCUT2D eigenvalue weighted by Gasteiger charge is -1.86. The summed E-state index contributed by atoms with van der Waals surface area (Å²) < 4.78 is 14.8. The topological polar surface area (TPSA) is 29.4 Å². The van der Waals surface area contributed by atoms with Crippen LogP contribution in [0, 0.1) is 12.0 Å². The third kappa shape index (κ3) is 4.34. The van der Waals surface area contributed by atoms with Crippen LogP contribution in [-0.2, 0) is 9.73 Å². The van der Waals surface area contributed by atoms with Crippen LogP contribution in [0.5, 0.6) is 0 Å². The molecule has 0 aliphatic heterocycles. The van der Waals surface area contributed by atoms with Crippen molar-refractivity contribution in [1.29, 1.82) is 0 Å². The molecule has 68 valence electrons. The van der Waals surface area contributed by atoms with Gasteiger partial charge < -0.3 is 0 Å². The first-order chi connectivity index (χ1) is 6.08. The van der Waals surface area contributed by atoms with Crippen LogP contribution in [0.2, 0.25) is 0 Å². The Kier molecular flexibility index (Phi) is 3.10. The molecule has 0 radical (unpaired) electrons. The molecule has 0 saturated carbocycles. The van der Waals surface area contributed by atoms with Gasteiger partial charge >= 0.3 is 0 Å². The zero-order valence-corrected chi connectivity index (χ0v) is 8.47.